The molecule has 0 amide bonds. The molecule has 0 unspecified atom stereocenters. The van der Waals surface area contributed by atoms with Crippen LogP contribution in [0.2, 0.25) is 0 Å². The number of hydrogen-bond acceptors (Lipinski definition) is 3. The topological polar surface area (TPSA) is 46.0 Å². The zero-order chi connectivity index (χ0) is 23.8. The Bertz CT molecular complexity index is 1310. The lowest BCUT2D eigenvalue weighted by molar-refractivity contribution is 0.310. The van der Waals surface area contributed by atoms with E-state index in [-0.39, 0.29) is 12.1 Å². The van der Waals surface area contributed by atoms with Gasteiger partial charge in [-0.25, -0.2) is 0 Å². The molecule has 1 aromatic carbocycles. The molecule has 0 aliphatic carbocycles. The zero-order valence-corrected chi connectivity index (χ0v) is 20.8. The van der Waals surface area contributed by atoms with Crippen molar-refractivity contribution in [1.82, 2.24) is 24.8 Å². The Balaban J connectivity index is 1.65. The first-order chi connectivity index (χ1) is 16.5. The summed E-state index contributed by atoms with van der Waals surface area (Å²) in [5.41, 5.74) is 9.59. The lowest BCUT2D eigenvalue weighted by Gasteiger charge is -2.28. The van der Waals surface area contributed by atoms with E-state index in [1.54, 1.807) is 6.20 Å². The van der Waals surface area contributed by atoms with Gasteiger partial charge in [0, 0.05) is 36.5 Å². The van der Waals surface area contributed by atoms with Crippen molar-refractivity contribution < 1.29 is 0 Å². The second-order valence-corrected chi connectivity index (χ2v) is 9.40. The van der Waals surface area contributed by atoms with E-state index in [1.807, 2.05) is 30.6 Å². The molecule has 1 fully saturated rings. The third-order valence-electron chi connectivity index (χ3n) is 6.73. The van der Waals surface area contributed by atoms with Gasteiger partial charge < -0.3 is 14.8 Å². The van der Waals surface area contributed by atoms with Crippen LogP contribution in [0.15, 0.2) is 73.2 Å². The number of rotatable bonds is 5. The molecule has 4 heterocycles. The van der Waals surface area contributed by atoms with Gasteiger partial charge in [-0.3, -0.25) is 9.97 Å². The van der Waals surface area contributed by atoms with E-state index in [0.717, 1.165) is 16.4 Å². The summed E-state index contributed by atoms with van der Waals surface area (Å²) in [5.74, 6) is 0. The molecule has 172 valence electrons. The summed E-state index contributed by atoms with van der Waals surface area (Å²) in [4.78, 5) is 11.3. The molecule has 1 N–H and O–H groups in total. The van der Waals surface area contributed by atoms with Crippen LogP contribution in [-0.4, -0.2) is 24.5 Å². The number of benzene rings is 1. The Kier molecular flexibility index (Phi) is 5.92. The predicted octanol–water partition coefficient (Wildman–Crippen LogP) is 5.67. The molecule has 3 aromatic heterocycles. The van der Waals surface area contributed by atoms with Crippen LogP contribution in [0.4, 0.5) is 0 Å². The molecule has 0 bridgehead atoms. The number of nitrogens with one attached hydrogen (secondary N) is 1. The highest BCUT2D eigenvalue weighted by atomic mass is 32.1. The summed E-state index contributed by atoms with van der Waals surface area (Å²) in [6, 6.07) is 18.9. The SMILES string of the molecule is Cc1cccc(C)c1-n1c(C)cc([C@H]2[C@H](c3ccccn3)NC(=S)N2Cc2cccnc2)c1C. The van der Waals surface area contributed by atoms with Crippen molar-refractivity contribution in [3.05, 3.63) is 113 Å². The summed E-state index contributed by atoms with van der Waals surface area (Å²) in [5, 5.41) is 4.31. The normalized spacial score (nSPS) is 17.8. The van der Waals surface area contributed by atoms with Crippen molar-refractivity contribution in [2.45, 2.75) is 46.3 Å². The maximum atomic E-state index is 5.87. The predicted molar refractivity (Wildman–Crippen MR) is 140 cm³/mol. The van der Waals surface area contributed by atoms with E-state index in [4.69, 9.17) is 12.2 Å². The Morgan fingerprint density at radius 1 is 0.941 bits per heavy atom. The molecule has 0 radical (unpaired) electrons. The second-order valence-electron chi connectivity index (χ2n) is 9.02. The van der Waals surface area contributed by atoms with Gasteiger partial charge in [-0.2, -0.15) is 0 Å². The van der Waals surface area contributed by atoms with Crippen molar-refractivity contribution in [1.29, 1.82) is 0 Å². The van der Waals surface area contributed by atoms with Gasteiger partial charge in [0.2, 0.25) is 0 Å². The van der Waals surface area contributed by atoms with E-state index in [1.165, 1.54) is 33.8 Å². The number of pyridine rings is 2. The Morgan fingerprint density at radius 2 is 1.74 bits per heavy atom. The van der Waals surface area contributed by atoms with Crippen LogP contribution in [0.25, 0.3) is 5.69 Å². The van der Waals surface area contributed by atoms with Crippen molar-refractivity contribution >= 4 is 17.3 Å². The van der Waals surface area contributed by atoms with Crippen LogP contribution >= 0.6 is 12.2 Å². The molecule has 5 rings (SSSR count). The number of thiocarbonyl (C=S) groups is 1. The van der Waals surface area contributed by atoms with Crippen molar-refractivity contribution in [3.8, 4) is 5.69 Å². The Labute approximate surface area is 206 Å². The highest BCUT2D eigenvalue weighted by Gasteiger charge is 2.41. The van der Waals surface area contributed by atoms with Crippen molar-refractivity contribution in [3.63, 3.8) is 0 Å². The standard InChI is InChI=1S/C28H29N5S/c1-18-9-7-10-19(2)26(18)33-20(3)15-23(21(33)4)27-25(24-12-5-6-14-30-24)31-28(34)32(27)17-22-11-8-13-29-16-22/h5-16,25,27H,17H2,1-4H3,(H,31,34)/t25-,27-/m0/s1. The molecular formula is C28H29N5S. The lowest BCUT2D eigenvalue weighted by atomic mass is 9.96. The molecule has 4 aromatic rings. The summed E-state index contributed by atoms with van der Waals surface area (Å²) < 4.78 is 2.39. The maximum absolute atomic E-state index is 5.87. The molecule has 34 heavy (non-hydrogen) atoms. The van der Waals surface area contributed by atoms with Gasteiger partial charge in [0.15, 0.2) is 5.11 Å². The summed E-state index contributed by atoms with van der Waals surface area (Å²) in [6.07, 6.45) is 5.56. The highest BCUT2D eigenvalue weighted by Crippen LogP contribution is 2.42. The third-order valence-corrected chi connectivity index (χ3v) is 7.08. The van der Waals surface area contributed by atoms with E-state index in [9.17, 15) is 0 Å². The van der Waals surface area contributed by atoms with Gasteiger partial charge in [-0.05, 0) is 86.4 Å². The molecule has 1 saturated heterocycles. The van der Waals surface area contributed by atoms with Gasteiger partial charge in [0.1, 0.15) is 0 Å². The number of para-hydroxylation sites is 1. The number of hydrogen-bond donors (Lipinski definition) is 1. The van der Waals surface area contributed by atoms with E-state index in [0.29, 0.717) is 6.54 Å². The average Bonchev–Trinajstić information content (AvgIpc) is 3.31. The van der Waals surface area contributed by atoms with Crippen LogP contribution in [0.3, 0.4) is 0 Å². The molecular weight excluding hydrogens is 438 g/mol. The van der Waals surface area contributed by atoms with Crippen LogP contribution in [0, 0.1) is 27.7 Å². The summed E-state index contributed by atoms with van der Waals surface area (Å²) in [7, 11) is 0. The average molecular weight is 468 g/mol. The molecule has 1 aliphatic heterocycles. The fourth-order valence-electron chi connectivity index (χ4n) is 5.19. The van der Waals surface area contributed by atoms with Gasteiger partial charge in [-0.1, -0.05) is 30.3 Å². The quantitative estimate of drug-likeness (QED) is 0.383. The fourth-order valence-corrected chi connectivity index (χ4v) is 5.50. The van der Waals surface area contributed by atoms with E-state index in [2.05, 4.69) is 88.8 Å². The minimum atomic E-state index is -0.0442. The van der Waals surface area contributed by atoms with Gasteiger partial charge in [0.05, 0.1) is 23.5 Å². The van der Waals surface area contributed by atoms with Crippen LogP contribution in [-0.2, 0) is 6.54 Å². The molecule has 1 aliphatic rings. The monoisotopic (exact) mass is 467 g/mol. The van der Waals surface area contributed by atoms with Crippen LogP contribution in [0.5, 0.6) is 0 Å². The highest BCUT2D eigenvalue weighted by molar-refractivity contribution is 7.80. The maximum Gasteiger partial charge on any atom is 0.170 e. The largest absolute Gasteiger partial charge is 0.352 e. The van der Waals surface area contributed by atoms with Gasteiger partial charge >= 0.3 is 0 Å². The number of aryl methyl sites for hydroxylation is 3. The van der Waals surface area contributed by atoms with Gasteiger partial charge in [-0.15, -0.1) is 0 Å². The van der Waals surface area contributed by atoms with E-state index >= 15 is 0 Å². The molecule has 5 nitrogen and oxygen atoms in total. The zero-order valence-electron chi connectivity index (χ0n) is 20.0. The minimum Gasteiger partial charge on any atom is -0.352 e. The number of nitrogens with zero attached hydrogens (tertiary/aromatic N) is 4. The van der Waals surface area contributed by atoms with Crippen molar-refractivity contribution in [2.24, 2.45) is 0 Å². The Hall–Kier alpha value is -3.51. The molecule has 0 spiro atoms. The second kappa shape index (κ2) is 9.03. The summed E-state index contributed by atoms with van der Waals surface area (Å²) >= 11 is 5.87. The fraction of sp³-hybridized carbons (Fsp3) is 0.250. The lowest BCUT2D eigenvalue weighted by Crippen LogP contribution is -2.29. The first-order valence-electron chi connectivity index (χ1n) is 11.6. The first kappa shape index (κ1) is 22.3. The molecule has 6 heteroatoms. The number of aromatic nitrogens is 3. The summed E-state index contributed by atoms with van der Waals surface area (Å²) in [6.45, 7) is 9.44. The van der Waals surface area contributed by atoms with Crippen molar-refractivity contribution in [2.75, 3.05) is 0 Å². The molecule has 2 atom stereocenters. The van der Waals surface area contributed by atoms with Gasteiger partial charge in [0.25, 0.3) is 0 Å². The van der Waals surface area contributed by atoms with Crippen LogP contribution in [0.1, 0.15) is 51.4 Å². The van der Waals surface area contributed by atoms with Crippen LogP contribution < -0.4 is 5.32 Å². The smallest absolute Gasteiger partial charge is 0.170 e. The molecule has 0 saturated carbocycles. The first-order valence-corrected chi connectivity index (χ1v) is 12.0. The van der Waals surface area contributed by atoms with E-state index < -0.39 is 0 Å². The minimum absolute atomic E-state index is 0.00637. The Morgan fingerprint density at radius 3 is 2.41 bits per heavy atom. The third kappa shape index (κ3) is 3.88.